The first-order chi connectivity index (χ1) is 8.61. The third-order valence-corrected chi connectivity index (χ3v) is 5.45. The summed E-state index contributed by atoms with van der Waals surface area (Å²) in [6.45, 7) is 5.87. The number of nitrogens with zero attached hydrogens (tertiary/aromatic N) is 1. The highest BCUT2D eigenvalue weighted by atomic mass is 32.1. The van der Waals surface area contributed by atoms with Crippen LogP contribution in [0.2, 0.25) is 0 Å². The molecule has 0 bridgehead atoms. The summed E-state index contributed by atoms with van der Waals surface area (Å²) < 4.78 is 0. The van der Waals surface area contributed by atoms with Crippen LogP contribution in [0.15, 0.2) is 0 Å². The maximum Gasteiger partial charge on any atom is 0.171 e. The van der Waals surface area contributed by atoms with E-state index in [0.717, 1.165) is 16.5 Å². The third kappa shape index (κ3) is 3.00. The molecule has 1 aliphatic rings. The molecule has 1 saturated carbocycles. The highest BCUT2D eigenvalue weighted by molar-refractivity contribution is 7.13. The van der Waals surface area contributed by atoms with Crippen molar-refractivity contribution in [1.29, 1.82) is 0 Å². The molecular formula is C15H23NOS. The highest BCUT2D eigenvalue weighted by Crippen LogP contribution is 2.39. The van der Waals surface area contributed by atoms with Gasteiger partial charge in [-0.25, -0.2) is 4.98 Å². The number of aromatic nitrogens is 1. The predicted molar refractivity (Wildman–Crippen MR) is 76.5 cm³/mol. The number of hydrogen-bond donors (Lipinski definition) is 0. The van der Waals surface area contributed by atoms with Gasteiger partial charge in [0, 0.05) is 12.8 Å². The van der Waals surface area contributed by atoms with Gasteiger partial charge in [0.15, 0.2) is 5.78 Å². The van der Waals surface area contributed by atoms with Gasteiger partial charge in [-0.15, -0.1) is 11.3 Å². The van der Waals surface area contributed by atoms with Crippen molar-refractivity contribution in [3.8, 4) is 0 Å². The molecule has 0 atom stereocenters. The van der Waals surface area contributed by atoms with Crippen LogP contribution in [0.25, 0.3) is 0 Å². The lowest BCUT2D eigenvalue weighted by Crippen LogP contribution is -2.13. The standard InChI is InChI=1S/C15H23NOS/c1-4-5-12-6-8-13(9-7-12)15-16-10(2)14(18-15)11(3)17/h12-13H,4-9H2,1-3H3. The fourth-order valence-corrected chi connectivity index (χ4v) is 4.16. The zero-order valence-electron chi connectivity index (χ0n) is 11.7. The van der Waals surface area contributed by atoms with Crippen molar-refractivity contribution in [2.45, 2.75) is 65.2 Å². The topological polar surface area (TPSA) is 30.0 Å². The van der Waals surface area contributed by atoms with Gasteiger partial charge in [-0.3, -0.25) is 4.79 Å². The molecule has 0 amide bonds. The summed E-state index contributed by atoms with van der Waals surface area (Å²) in [4.78, 5) is 17.0. The number of rotatable bonds is 4. The second kappa shape index (κ2) is 5.96. The van der Waals surface area contributed by atoms with E-state index in [-0.39, 0.29) is 5.78 Å². The Morgan fingerprint density at radius 2 is 2.00 bits per heavy atom. The normalized spacial score (nSPS) is 24.2. The smallest absolute Gasteiger partial charge is 0.171 e. The number of hydrogen-bond acceptors (Lipinski definition) is 3. The van der Waals surface area contributed by atoms with Gasteiger partial charge in [-0.2, -0.15) is 0 Å². The van der Waals surface area contributed by atoms with E-state index in [1.807, 2.05) is 6.92 Å². The van der Waals surface area contributed by atoms with Crippen LogP contribution in [0.1, 0.15) is 78.7 Å². The summed E-state index contributed by atoms with van der Waals surface area (Å²) in [6.07, 6.45) is 7.88. The maximum absolute atomic E-state index is 11.5. The molecule has 0 radical (unpaired) electrons. The van der Waals surface area contributed by atoms with E-state index in [4.69, 9.17) is 0 Å². The van der Waals surface area contributed by atoms with E-state index in [1.165, 1.54) is 43.5 Å². The van der Waals surface area contributed by atoms with Crippen LogP contribution in [0.3, 0.4) is 0 Å². The molecule has 1 fully saturated rings. The molecular weight excluding hydrogens is 242 g/mol. The Hall–Kier alpha value is -0.700. The summed E-state index contributed by atoms with van der Waals surface area (Å²) in [5.74, 6) is 1.70. The summed E-state index contributed by atoms with van der Waals surface area (Å²) in [5.41, 5.74) is 0.929. The first-order valence-electron chi connectivity index (χ1n) is 7.10. The Morgan fingerprint density at radius 3 is 2.50 bits per heavy atom. The molecule has 0 unspecified atom stereocenters. The van der Waals surface area contributed by atoms with Gasteiger partial charge >= 0.3 is 0 Å². The average molecular weight is 265 g/mol. The minimum absolute atomic E-state index is 0.163. The molecule has 0 aromatic carbocycles. The molecule has 3 heteroatoms. The van der Waals surface area contributed by atoms with Gasteiger partial charge in [0.25, 0.3) is 0 Å². The Labute approximate surface area is 114 Å². The molecule has 0 spiro atoms. The van der Waals surface area contributed by atoms with E-state index >= 15 is 0 Å². The van der Waals surface area contributed by atoms with Gasteiger partial charge in [0.2, 0.25) is 0 Å². The van der Waals surface area contributed by atoms with E-state index in [9.17, 15) is 4.79 Å². The van der Waals surface area contributed by atoms with Gasteiger partial charge < -0.3 is 0 Å². The van der Waals surface area contributed by atoms with E-state index in [0.29, 0.717) is 5.92 Å². The largest absolute Gasteiger partial charge is 0.294 e. The second-order valence-electron chi connectivity index (χ2n) is 5.53. The highest BCUT2D eigenvalue weighted by Gasteiger charge is 2.25. The van der Waals surface area contributed by atoms with Crippen LogP contribution in [-0.4, -0.2) is 10.8 Å². The molecule has 2 nitrogen and oxygen atoms in total. The SMILES string of the molecule is CCCC1CCC(c2nc(C)c(C(C)=O)s2)CC1. The molecule has 1 aromatic heterocycles. The van der Waals surface area contributed by atoms with Crippen LogP contribution in [-0.2, 0) is 0 Å². The van der Waals surface area contributed by atoms with E-state index in [1.54, 1.807) is 18.3 Å². The Kier molecular flexibility index (Phi) is 4.55. The fraction of sp³-hybridized carbons (Fsp3) is 0.733. The maximum atomic E-state index is 11.5. The monoisotopic (exact) mass is 265 g/mol. The molecule has 18 heavy (non-hydrogen) atoms. The van der Waals surface area contributed by atoms with Crippen LogP contribution in [0.4, 0.5) is 0 Å². The molecule has 2 rings (SSSR count). The lowest BCUT2D eigenvalue weighted by molar-refractivity contribution is 0.102. The predicted octanol–water partition coefficient (Wildman–Crippen LogP) is 4.73. The van der Waals surface area contributed by atoms with Crippen molar-refractivity contribution in [2.24, 2.45) is 5.92 Å². The number of thiazole rings is 1. The van der Waals surface area contributed by atoms with Crippen molar-refractivity contribution in [2.75, 3.05) is 0 Å². The number of aryl methyl sites for hydroxylation is 1. The summed E-state index contributed by atoms with van der Waals surface area (Å²) in [6, 6.07) is 0. The van der Waals surface area contributed by atoms with Gasteiger partial charge in [0.05, 0.1) is 15.6 Å². The number of ketones is 1. The van der Waals surface area contributed by atoms with E-state index < -0.39 is 0 Å². The molecule has 100 valence electrons. The molecule has 0 N–H and O–H groups in total. The molecule has 1 aromatic rings. The molecule has 1 aliphatic carbocycles. The number of carbonyl (C=O) groups is 1. The Morgan fingerprint density at radius 1 is 1.33 bits per heavy atom. The summed E-state index contributed by atoms with van der Waals surface area (Å²) in [7, 11) is 0. The minimum atomic E-state index is 0.163. The molecule has 1 heterocycles. The first-order valence-corrected chi connectivity index (χ1v) is 7.91. The summed E-state index contributed by atoms with van der Waals surface area (Å²) >= 11 is 1.63. The van der Waals surface area contributed by atoms with Crippen molar-refractivity contribution >= 4 is 17.1 Å². The lowest BCUT2D eigenvalue weighted by Gasteiger charge is -2.26. The zero-order chi connectivity index (χ0) is 13.1. The number of Topliss-reactive ketones (excluding diaryl/α,β-unsaturated/α-hetero) is 1. The average Bonchev–Trinajstić information content (AvgIpc) is 2.73. The molecule has 0 saturated heterocycles. The summed E-state index contributed by atoms with van der Waals surface area (Å²) in [5, 5.41) is 1.20. The fourth-order valence-electron chi connectivity index (χ4n) is 3.02. The molecule has 0 aliphatic heterocycles. The van der Waals surface area contributed by atoms with Gasteiger partial charge in [-0.05, 0) is 38.5 Å². The van der Waals surface area contributed by atoms with Crippen LogP contribution in [0, 0.1) is 12.8 Å². The lowest BCUT2D eigenvalue weighted by atomic mass is 9.80. The Balaban J connectivity index is 2.01. The minimum Gasteiger partial charge on any atom is -0.294 e. The van der Waals surface area contributed by atoms with E-state index in [2.05, 4.69) is 11.9 Å². The van der Waals surface area contributed by atoms with Crippen molar-refractivity contribution in [3.05, 3.63) is 15.6 Å². The Bertz CT molecular complexity index is 416. The van der Waals surface area contributed by atoms with Gasteiger partial charge in [0.1, 0.15) is 0 Å². The van der Waals surface area contributed by atoms with Crippen molar-refractivity contribution in [1.82, 2.24) is 4.98 Å². The van der Waals surface area contributed by atoms with Gasteiger partial charge in [-0.1, -0.05) is 19.8 Å². The number of carbonyl (C=O) groups excluding carboxylic acids is 1. The quantitative estimate of drug-likeness (QED) is 0.737. The second-order valence-corrected chi connectivity index (χ2v) is 6.56. The zero-order valence-corrected chi connectivity index (χ0v) is 12.5. The van der Waals surface area contributed by atoms with Crippen LogP contribution < -0.4 is 0 Å². The van der Waals surface area contributed by atoms with Crippen LogP contribution >= 0.6 is 11.3 Å². The van der Waals surface area contributed by atoms with Crippen LogP contribution in [0.5, 0.6) is 0 Å². The first kappa shape index (κ1) is 13.7. The van der Waals surface area contributed by atoms with Crippen molar-refractivity contribution in [3.63, 3.8) is 0 Å². The van der Waals surface area contributed by atoms with Crippen molar-refractivity contribution < 1.29 is 4.79 Å². The third-order valence-electron chi connectivity index (χ3n) is 4.03.